The minimum atomic E-state index is -0.381. The van der Waals surface area contributed by atoms with Crippen molar-refractivity contribution in [2.75, 3.05) is 13.7 Å². The van der Waals surface area contributed by atoms with Gasteiger partial charge in [0.2, 0.25) is 0 Å². The van der Waals surface area contributed by atoms with E-state index in [0.717, 1.165) is 0 Å². The van der Waals surface area contributed by atoms with Crippen LogP contribution in [-0.4, -0.2) is 35.5 Å². The Bertz CT molecular complexity index is 402. The molecule has 2 heterocycles. The molecular formula is C9H12N4O3. The Morgan fingerprint density at radius 1 is 1.56 bits per heavy atom. The van der Waals surface area contributed by atoms with E-state index in [1.165, 1.54) is 18.0 Å². The van der Waals surface area contributed by atoms with Crippen LogP contribution in [0.5, 0.6) is 0 Å². The third kappa shape index (κ3) is 1.98. The Morgan fingerprint density at radius 3 is 3.00 bits per heavy atom. The maximum Gasteiger partial charge on any atom is 0.303 e. The van der Waals surface area contributed by atoms with E-state index >= 15 is 0 Å². The number of carbonyl (C=O) groups excluding carboxylic acids is 2. The molecular weight excluding hydrogens is 212 g/mol. The number of amides is 1. The Labute approximate surface area is 92.3 Å². The van der Waals surface area contributed by atoms with Crippen LogP contribution in [0.2, 0.25) is 0 Å². The van der Waals surface area contributed by atoms with Crippen molar-refractivity contribution < 1.29 is 14.3 Å². The van der Waals surface area contributed by atoms with Gasteiger partial charge in [0, 0.05) is 20.0 Å². The summed E-state index contributed by atoms with van der Waals surface area (Å²) in [5.41, 5.74) is 3.36. The van der Waals surface area contributed by atoms with Crippen molar-refractivity contribution in [3.63, 3.8) is 0 Å². The smallest absolute Gasteiger partial charge is 0.303 e. The molecule has 0 aromatic carbocycles. The number of fused-ring (bicyclic) bond motifs is 1. The molecule has 1 amide bonds. The van der Waals surface area contributed by atoms with E-state index in [0.29, 0.717) is 11.5 Å². The molecule has 2 aliphatic heterocycles. The SMILES string of the molecule is CC(=O)OCC1=CC(=O)N2NN(C)C=C2N1. The fraction of sp³-hybridized carbons (Fsp3) is 0.333. The number of hydrogen-bond acceptors (Lipinski definition) is 6. The van der Waals surface area contributed by atoms with E-state index in [1.807, 2.05) is 0 Å². The molecule has 0 aromatic heterocycles. The number of rotatable bonds is 2. The van der Waals surface area contributed by atoms with Crippen LogP contribution in [0, 0.1) is 0 Å². The average Bonchev–Trinajstić information content (AvgIpc) is 2.56. The molecule has 0 spiro atoms. The van der Waals surface area contributed by atoms with Crippen molar-refractivity contribution in [3.05, 3.63) is 23.8 Å². The van der Waals surface area contributed by atoms with Crippen molar-refractivity contribution in [3.8, 4) is 0 Å². The average molecular weight is 224 g/mol. The first-order chi connectivity index (χ1) is 7.56. The highest BCUT2D eigenvalue weighted by atomic mass is 16.5. The topological polar surface area (TPSA) is 73.9 Å². The molecule has 7 heteroatoms. The Hall–Kier alpha value is -2.02. The Kier molecular flexibility index (Phi) is 2.53. The maximum atomic E-state index is 11.6. The van der Waals surface area contributed by atoms with Crippen LogP contribution >= 0.6 is 0 Å². The highest BCUT2D eigenvalue weighted by molar-refractivity contribution is 5.90. The number of nitrogens with zero attached hydrogens (tertiary/aromatic N) is 2. The molecule has 0 saturated carbocycles. The molecule has 0 fully saturated rings. The third-order valence-electron chi connectivity index (χ3n) is 2.05. The second-order valence-corrected chi connectivity index (χ2v) is 3.47. The lowest BCUT2D eigenvalue weighted by molar-refractivity contribution is -0.140. The molecule has 0 unspecified atom stereocenters. The zero-order valence-corrected chi connectivity index (χ0v) is 8.98. The van der Waals surface area contributed by atoms with Crippen molar-refractivity contribution >= 4 is 11.9 Å². The second kappa shape index (κ2) is 3.86. The normalized spacial score (nSPS) is 18.8. The van der Waals surface area contributed by atoms with Gasteiger partial charge in [0.25, 0.3) is 5.91 Å². The predicted molar refractivity (Wildman–Crippen MR) is 53.7 cm³/mol. The summed E-state index contributed by atoms with van der Waals surface area (Å²) in [7, 11) is 1.77. The van der Waals surface area contributed by atoms with Gasteiger partial charge < -0.3 is 10.1 Å². The van der Waals surface area contributed by atoms with E-state index in [2.05, 4.69) is 10.9 Å². The zero-order chi connectivity index (χ0) is 11.7. The zero-order valence-electron chi connectivity index (χ0n) is 8.98. The van der Waals surface area contributed by atoms with Crippen LogP contribution in [-0.2, 0) is 14.3 Å². The van der Waals surface area contributed by atoms with E-state index in [4.69, 9.17) is 4.74 Å². The van der Waals surface area contributed by atoms with Gasteiger partial charge in [-0.25, -0.2) is 5.01 Å². The Morgan fingerprint density at radius 2 is 2.31 bits per heavy atom. The lowest BCUT2D eigenvalue weighted by Gasteiger charge is -2.25. The van der Waals surface area contributed by atoms with Crippen LogP contribution < -0.4 is 10.9 Å². The van der Waals surface area contributed by atoms with Gasteiger partial charge in [-0.05, 0) is 0 Å². The van der Waals surface area contributed by atoms with E-state index in [-0.39, 0.29) is 18.5 Å². The Balaban J connectivity index is 2.07. The van der Waals surface area contributed by atoms with Gasteiger partial charge in [-0.2, -0.15) is 0 Å². The fourth-order valence-corrected chi connectivity index (χ4v) is 1.41. The quantitative estimate of drug-likeness (QED) is 0.588. The highest BCUT2D eigenvalue weighted by Crippen LogP contribution is 2.14. The molecule has 0 bridgehead atoms. The minimum absolute atomic E-state index is 0.0654. The van der Waals surface area contributed by atoms with E-state index in [1.54, 1.807) is 18.3 Å². The molecule has 86 valence electrons. The molecule has 0 aromatic rings. The highest BCUT2D eigenvalue weighted by Gasteiger charge is 2.28. The summed E-state index contributed by atoms with van der Waals surface area (Å²) in [5, 5.41) is 5.98. The number of esters is 1. The lowest BCUT2D eigenvalue weighted by Crippen LogP contribution is -2.47. The first-order valence-corrected chi connectivity index (χ1v) is 4.72. The summed E-state index contributed by atoms with van der Waals surface area (Å²) in [4.78, 5) is 22.3. The summed E-state index contributed by atoms with van der Waals surface area (Å²) in [6, 6.07) is 0. The molecule has 0 atom stereocenters. The van der Waals surface area contributed by atoms with Crippen molar-refractivity contribution in [2.45, 2.75) is 6.92 Å². The first-order valence-electron chi connectivity index (χ1n) is 4.72. The maximum absolute atomic E-state index is 11.6. The van der Waals surface area contributed by atoms with Gasteiger partial charge in [0.15, 0.2) is 0 Å². The largest absolute Gasteiger partial charge is 0.459 e. The summed E-state index contributed by atoms with van der Waals surface area (Å²) in [6.45, 7) is 1.39. The van der Waals surface area contributed by atoms with Crippen LogP contribution in [0.4, 0.5) is 0 Å². The number of carbonyl (C=O) groups is 2. The summed E-state index contributed by atoms with van der Waals surface area (Å²) < 4.78 is 4.80. The summed E-state index contributed by atoms with van der Waals surface area (Å²) in [5.74, 6) is 0.0156. The standard InChI is InChI=1S/C9H12N4O3/c1-6(14)16-5-7-3-9(15)13-8(10-7)4-12(2)11-13/h3-4,10-11H,5H2,1-2H3. The van der Waals surface area contributed by atoms with Crippen LogP contribution in [0.25, 0.3) is 0 Å². The molecule has 2 N–H and O–H groups in total. The van der Waals surface area contributed by atoms with Crippen molar-refractivity contribution in [1.82, 2.24) is 20.9 Å². The van der Waals surface area contributed by atoms with Gasteiger partial charge in [0.1, 0.15) is 12.4 Å². The number of ether oxygens (including phenoxy) is 1. The van der Waals surface area contributed by atoms with Gasteiger partial charge >= 0.3 is 5.97 Å². The second-order valence-electron chi connectivity index (χ2n) is 3.47. The van der Waals surface area contributed by atoms with Crippen molar-refractivity contribution in [1.29, 1.82) is 0 Å². The van der Waals surface area contributed by atoms with Crippen LogP contribution in [0.3, 0.4) is 0 Å². The molecule has 0 saturated heterocycles. The number of nitrogens with one attached hydrogen (secondary N) is 2. The fourth-order valence-electron chi connectivity index (χ4n) is 1.41. The summed E-state index contributed by atoms with van der Waals surface area (Å²) in [6.07, 6.45) is 3.10. The van der Waals surface area contributed by atoms with Gasteiger partial charge in [-0.3, -0.25) is 14.6 Å². The van der Waals surface area contributed by atoms with Gasteiger partial charge in [0.05, 0.1) is 11.9 Å². The molecule has 0 radical (unpaired) electrons. The van der Waals surface area contributed by atoms with Gasteiger partial charge in [-0.15, -0.1) is 5.53 Å². The molecule has 0 aliphatic carbocycles. The molecule has 2 rings (SSSR count). The van der Waals surface area contributed by atoms with Gasteiger partial charge in [-0.1, -0.05) is 0 Å². The molecule has 16 heavy (non-hydrogen) atoms. The van der Waals surface area contributed by atoms with E-state index < -0.39 is 0 Å². The minimum Gasteiger partial charge on any atom is -0.459 e. The van der Waals surface area contributed by atoms with E-state index in [9.17, 15) is 9.59 Å². The third-order valence-corrected chi connectivity index (χ3v) is 2.05. The van der Waals surface area contributed by atoms with Crippen molar-refractivity contribution in [2.24, 2.45) is 0 Å². The first kappa shape index (κ1) is 10.5. The molecule has 2 aliphatic rings. The summed E-state index contributed by atoms with van der Waals surface area (Å²) >= 11 is 0. The predicted octanol–water partition coefficient (Wildman–Crippen LogP) is -0.971. The number of hydrazine groups is 2. The lowest BCUT2D eigenvalue weighted by atomic mass is 10.3. The number of hydrogen-bond donors (Lipinski definition) is 2. The molecule has 7 nitrogen and oxygen atoms in total. The van der Waals surface area contributed by atoms with Crippen LogP contribution in [0.15, 0.2) is 23.8 Å². The monoisotopic (exact) mass is 224 g/mol. The van der Waals surface area contributed by atoms with Crippen LogP contribution in [0.1, 0.15) is 6.92 Å².